The SMILES string of the molecule is COCCCn1c(SC(C)C(=O)NC2CCCC2)n[nH]c1=O. The molecule has 1 aromatic rings. The molecular weight excluding hydrogens is 304 g/mol. The van der Waals surface area contributed by atoms with Crippen LogP contribution in [0.1, 0.15) is 39.0 Å². The van der Waals surface area contributed by atoms with E-state index < -0.39 is 0 Å². The van der Waals surface area contributed by atoms with Crippen LogP contribution in [0.5, 0.6) is 0 Å². The molecule has 1 saturated carbocycles. The maximum Gasteiger partial charge on any atom is 0.343 e. The highest BCUT2D eigenvalue weighted by Gasteiger charge is 2.23. The van der Waals surface area contributed by atoms with Crippen LogP contribution in [0.3, 0.4) is 0 Å². The van der Waals surface area contributed by atoms with Gasteiger partial charge in [0.1, 0.15) is 0 Å². The zero-order chi connectivity index (χ0) is 15.9. The number of hydrogen-bond donors (Lipinski definition) is 2. The largest absolute Gasteiger partial charge is 0.385 e. The number of hydrogen-bond acceptors (Lipinski definition) is 5. The molecule has 0 aromatic carbocycles. The standard InChI is InChI=1S/C14H24N4O3S/c1-10(12(19)15-11-6-3-4-7-11)22-14-17-16-13(20)18(14)8-5-9-21-2/h10-11H,3-9H2,1-2H3,(H,15,19)(H,16,20). The number of nitrogens with zero attached hydrogens (tertiary/aromatic N) is 2. The summed E-state index contributed by atoms with van der Waals surface area (Å²) < 4.78 is 6.56. The first-order valence-corrected chi connectivity index (χ1v) is 8.61. The van der Waals surface area contributed by atoms with Crippen molar-refractivity contribution >= 4 is 17.7 Å². The molecule has 1 atom stereocenters. The van der Waals surface area contributed by atoms with Crippen molar-refractivity contribution in [3.8, 4) is 0 Å². The van der Waals surface area contributed by atoms with Gasteiger partial charge in [-0.1, -0.05) is 24.6 Å². The third kappa shape index (κ3) is 4.61. The lowest BCUT2D eigenvalue weighted by Crippen LogP contribution is -2.37. The second-order valence-corrected chi connectivity index (χ2v) is 6.87. The van der Waals surface area contributed by atoms with Crippen molar-refractivity contribution in [1.29, 1.82) is 0 Å². The van der Waals surface area contributed by atoms with Gasteiger partial charge in [-0.3, -0.25) is 9.36 Å². The summed E-state index contributed by atoms with van der Waals surface area (Å²) in [6.07, 6.45) is 5.22. The van der Waals surface area contributed by atoms with E-state index in [1.807, 2.05) is 6.92 Å². The van der Waals surface area contributed by atoms with Crippen LogP contribution in [0.4, 0.5) is 0 Å². The van der Waals surface area contributed by atoms with Crippen molar-refractivity contribution in [1.82, 2.24) is 20.1 Å². The van der Waals surface area contributed by atoms with E-state index in [1.54, 1.807) is 11.7 Å². The van der Waals surface area contributed by atoms with E-state index in [0.717, 1.165) is 19.3 Å². The summed E-state index contributed by atoms with van der Waals surface area (Å²) in [7, 11) is 1.63. The van der Waals surface area contributed by atoms with Gasteiger partial charge < -0.3 is 10.1 Å². The zero-order valence-corrected chi connectivity index (χ0v) is 13.9. The fraction of sp³-hybridized carbons (Fsp3) is 0.786. The van der Waals surface area contributed by atoms with Crippen LogP contribution in [0.2, 0.25) is 0 Å². The average molecular weight is 328 g/mol. The zero-order valence-electron chi connectivity index (χ0n) is 13.1. The molecule has 7 nitrogen and oxygen atoms in total. The Hall–Kier alpha value is -1.28. The van der Waals surface area contributed by atoms with Gasteiger partial charge in [-0.15, -0.1) is 5.10 Å². The molecule has 8 heteroatoms. The molecule has 124 valence electrons. The molecule has 1 unspecified atom stereocenters. The summed E-state index contributed by atoms with van der Waals surface area (Å²) in [5, 5.41) is 9.80. The third-order valence-electron chi connectivity index (χ3n) is 3.81. The number of ether oxygens (including phenoxy) is 1. The van der Waals surface area contributed by atoms with E-state index in [4.69, 9.17) is 4.74 Å². The van der Waals surface area contributed by atoms with Crippen LogP contribution in [-0.4, -0.2) is 45.7 Å². The predicted octanol–water partition coefficient (Wildman–Crippen LogP) is 1.15. The maximum absolute atomic E-state index is 12.2. The van der Waals surface area contributed by atoms with E-state index in [-0.39, 0.29) is 16.8 Å². The topological polar surface area (TPSA) is 89.0 Å². The average Bonchev–Trinajstić information content (AvgIpc) is 3.11. The third-order valence-corrected chi connectivity index (χ3v) is 4.90. The van der Waals surface area contributed by atoms with Crippen molar-refractivity contribution in [2.24, 2.45) is 0 Å². The molecule has 22 heavy (non-hydrogen) atoms. The minimum absolute atomic E-state index is 0.00999. The van der Waals surface area contributed by atoms with Crippen molar-refractivity contribution in [3.05, 3.63) is 10.5 Å². The Morgan fingerprint density at radius 1 is 1.55 bits per heavy atom. The summed E-state index contributed by atoms with van der Waals surface area (Å²) in [5.74, 6) is 0.00999. The Balaban J connectivity index is 1.91. The second-order valence-electron chi connectivity index (χ2n) is 5.56. The lowest BCUT2D eigenvalue weighted by atomic mass is 10.2. The number of nitrogens with one attached hydrogen (secondary N) is 2. The minimum atomic E-state index is -0.281. The van der Waals surface area contributed by atoms with Gasteiger partial charge in [0.2, 0.25) is 5.91 Å². The highest BCUT2D eigenvalue weighted by Crippen LogP contribution is 2.22. The maximum atomic E-state index is 12.2. The summed E-state index contributed by atoms with van der Waals surface area (Å²) in [4.78, 5) is 24.0. The molecule has 1 amide bonds. The molecule has 2 N–H and O–H groups in total. The first kappa shape index (κ1) is 17.1. The van der Waals surface area contributed by atoms with Crippen LogP contribution >= 0.6 is 11.8 Å². The van der Waals surface area contributed by atoms with Gasteiger partial charge in [0, 0.05) is 26.3 Å². The van der Waals surface area contributed by atoms with E-state index >= 15 is 0 Å². The van der Waals surface area contributed by atoms with Gasteiger partial charge in [0.15, 0.2) is 5.16 Å². The molecule has 0 spiro atoms. The number of aromatic amines is 1. The first-order valence-electron chi connectivity index (χ1n) is 7.73. The van der Waals surface area contributed by atoms with E-state index in [0.29, 0.717) is 24.3 Å². The van der Waals surface area contributed by atoms with Crippen LogP contribution in [-0.2, 0) is 16.1 Å². The van der Waals surface area contributed by atoms with Gasteiger partial charge in [0.05, 0.1) is 5.25 Å². The first-order chi connectivity index (χ1) is 10.6. The Morgan fingerprint density at radius 3 is 2.95 bits per heavy atom. The summed E-state index contributed by atoms with van der Waals surface area (Å²) in [6, 6.07) is 0.304. The minimum Gasteiger partial charge on any atom is -0.385 e. The monoisotopic (exact) mass is 328 g/mol. The van der Waals surface area contributed by atoms with E-state index in [9.17, 15) is 9.59 Å². The van der Waals surface area contributed by atoms with Crippen LogP contribution in [0.25, 0.3) is 0 Å². The molecule has 0 saturated heterocycles. The second kappa shape index (κ2) is 8.38. The molecular formula is C14H24N4O3S. The number of rotatable bonds is 8. The van der Waals surface area contributed by atoms with Crippen LogP contribution < -0.4 is 11.0 Å². The molecule has 1 aliphatic rings. The molecule has 2 rings (SSSR count). The van der Waals surface area contributed by atoms with E-state index in [1.165, 1.54) is 24.6 Å². The number of H-pyrrole nitrogens is 1. The van der Waals surface area contributed by atoms with Gasteiger partial charge in [-0.2, -0.15) is 0 Å². The molecule has 1 fully saturated rings. The van der Waals surface area contributed by atoms with Crippen molar-refractivity contribution in [3.63, 3.8) is 0 Å². The summed E-state index contributed by atoms with van der Waals surface area (Å²) in [6.45, 7) is 2.95. The molecule has 1 aliphatic carbocycles. The summed E-state index contributed by atoms with van der Waals surface area (Å²) in [5.41, 5.74) is -0.248. The lowest BCUT2D eigenvalue weighted by Gasteiger charge is -2.16. The molecule has 0 bridgehead atoms. The van der Waals surface area contributed by atoms with Gasteiger partial charge in [-0.25, -0.2) is 9.89 Å². The van der Waals surface area contributed by atoms with Crippen molar-refractivity contribution < 1.29 is 9.53 Å². The number of thioether (sulfide) groups is 1. The van der Waals surface area contributed by atoms with Gasteiger partial charge >= 0.3 is 5.69 Å². The van der Waals surface area contributed by atoms with Gasteiger partial charge in [0.25, 0.3) is 0 Å². The fourth-order valence-electron chi connectivity index (χ4n) is 2.56. The lowest BCUT2D eigenvalue weighted by molar-refractivity contribution is -0.120. The quantitative estimate of drug-likeness (QED) is 0.552. The fourth-order valence-corrected chi connectivity index (χ4v) is 3.45. The predicted molar refractivity (Wildman–Crippen MR) is 85.1 cm³/mol. The highest BCUT2D eigenvalue weighted by molar-refractivity contribution is 8.00. The molecule has 1 aromatic heterocycles. The number of carbonyl (C=O) groups excluding carboxylic acids is 1. The number of methoxy groups -OCH3 is 1. The smallest absolute Gasteiger partial charge is 0.343 e. The number of amides is 1. The molecule has 0 radical (unpaired) electrons. The summed E-state index contributed by atoms with van der Waals surface area (Å²) >= 11 is 1.31. The number of aromatic nitrogens is 3. The molecule has 0 aliphatic heterocycles. The Labute approximate surface area is 134 Å². The van der Waals surface area contributed by atoms with E-state index in [2.05, 4.69) is 15.5 Å². The van der Waals surface area contributed by atoms with Crippen molar-refractivity contribution in [2.45, 2.75) is 62.0 Å². The number of carbonyl (C=O) groups is 1. The van der Waals surface area contributed by atoms with Crippen molar-refractivity contribution in [2.75, 3.05) is 13.7 Å². The van der Waals surface area contributed by atoms with Crippen LogP contribution in [0.15, 0.2) is 9.95 Å². The van der Waals surface area contributed by atoms with Gasteiger partial charge in [-0.05, 0) is 26.2 Å². The Bertz CT molecular complexity index is 536. The van der Waals surface area contributed by atoms with Crippen LogP contribution in [0, 0.1) is 0 Å². The Morgan fingerprint density at radius 2 is 2.27 bits per heavy atom. The molecule has 1 heterocycles. The normalized spacial score (nSPS) is 16.8. The highest BCUT2D eigenvalue weighted by atomic mass is 32.2. The Kier molecular flexibility index (Phi) is 6.50.